The molecule has 0 spiro atoms. The Hall–Kier alpha value is -1.21. The Bertz CT molecular complexity index is 709. The zero-order valence-corrected chi connectivity index (χ0v) is 14.8. The molecule has 0 aliphatic carbocycles. The molecule has 0 amide bonds. The molecule has 8 heteroatoms. The number of nitrogens with one attached hydrogen (secondary N) is 1. The second-order valence-electron chi connectivity index (χ2n) is 4.58. The van der Waals surface area contributed by atoms with E-state index in [1.54, 1.807) is 25.1 Å². The van der Waals surface area contributed by atoms with Crippen molar-refractivity contribution in [3.63, 3.8) is 0 Å². The molecule has 0 radical (unpaired) electrons. The highest BCUT2D eigenvalue weighted by molar-refractivity contribution is 7.99. The van der Waals surface area contributed by atoms with Gasteiger partial charge in [0.25, 0.3) is 5.56 Å². The fourth-order valence-corrected chi connectivity index (χ4v) is 2.83. The van der Waals surface area contributed by atoms with Crippen LogP contribution in [0.1, 0.15) is 5.69 Å². The molecular weight excluding hydrogens is 359 g/mol. The minimum Gasteiger partial charge on any atom is -0.490 e. The second kappa shape index (κ2) is 9.17. The molecule has 124 valence electrons. The van der Waals surface area contributed by atoms with Gasteiger partial charge in [-0.05, 0) is 19.1 Å². The van der Waals surface area contributed by atoms with Crippen molar-refractivity contribution >= 4 is 35.0 Å². The van der Waals surface area contributed by atoms with Crippen LogP contribution in [0.5, 0.6) is 5.75 Å². The number of halogens is 2. The van der Waals surface area contributed by atoms with E-state index >= 15 is 0 Å². The maximum atomic E-state index is 11.3. The first kappa shape index (κ1) is 18.1. The zero-order valence-electron chi connectivity index (χ0n) is 12.5. The summed E-state index contributed by atoms with van der Waals surface area (Å²) in [5.41, 5.74) is 0.552. The third kappa shape index (κ3) is 6.43. The number of rotatable bonds is 8. The van der Waals surface area contributed by atoms with E-state index in [1.165, 1.54) is 17.8 Å². The van der Waals surface area contributed by atoms with Gasteiger partial charge in [-0.3, -0.25) is 4.79 Å². The van der Waals surface area contributed by atoms with Gasteiger partial charge in [-0.25, -0.2) is 4.98 Å². The van der Waals surface area contributed by atoms with Gasteiger partial charge in [0.2, 0.25) is 0 Å². The third-order valence-electron chi connectivity index (χ3n) is 2.69. The lowest BCUT2D eigenvalue weighted by Crippen LogP contribution is -2.10. The maximum Gasteiger partial charge on any atom is 0.251 e. The highest BCUT2D eigenvalue weighted by Crippen LogP contribution is 2.27. The average Bonchev–Trinajstić information content (AvgIpc) is 2.48. The molecule has 5 nitrogen and oxygen atoms in total. The molecule has 0 unspecified atom stereocenters. The van der Waals surface area contributed by atoms with Crippen molar-refractivity contribution in [3.8, 4) is 5.75 Å². The Balaban J connectivity index is 1.62. The van der Waals surface area contributed by atoms with Crippen LogP contribution in [-0.4, -0.2) is 35.5 Å². The topological polar surface area (TPSA) is 64.2 Å². The van der Waals surface area contributed by atoms with Gasteiger partial charge in [0, 0.05) is 28.6 Å². The molecular formula is C15H16Cl2N2O3S. The van der Waals surface area contributed by atoms with Gasteiger partial charge in [-0.15, -0.1) is 0 Å². The lowest BCUT2D eigenvalue weighted by atomic mass is 10.3. The van der Waals surface area contributed by atoms with Crippen molar-refractivity contribution < 1.29 is 9.47 Å². The number of hydrogen-bond donors (Lipinski definition) is 1. The molecule has 0 saturated heterocycles. The highest BCUT2D eigenvalue weighted by Gasteiger charge is 2.03. The predicted molar refractivity (Wildman–Crippen MR) is 93.1 cm³/mol. The molecule has 1 aromatic carbocycles. The van der Waals surface area contributed by atoms with Gasteiger partial charge >= 0.3 is 0 Å². The number of thioether (sulfide) groups is 1. The normalized spacial score (nSPS) is 10.7. The Morgan fingerprint density at radius 2 is 2.04 bits per heavy atom. The van der Waals surface area contributed by atoms with Gasteiger partial charge in [-0.1, -0.05) is 35.0 Å². The van der Waals surface area contributed by atoms with Gasteiger partial charge in [0.15, 0.2) is 5.16 Å². The van der Waals surface area contributed by atoms with E-state index < -0.39 is 0 Å². The highest BCUT2D eigenvalue weighted by atomic mass is 35.5. The SMILES string of the molecule is Cc1cc(=O)[nH]c(SCCOCCOc2cc(Cl)ccc2Cl)n1. The minimum absolute atomic E-state index is 0.146. The molecule has 2 rings (SSSR count). The van der Waals surface area contributed by atoms with Crippen LogP contribution in [0.2, 0.25) is 10.0 Å². The van der Waals surface area contributed by atoms with Crippen LogP contribution >= 0.6 is 35.0 Å². The second-order valence-corrected chi connectivity index (χ2v) is 6.50. The summed E-state index contributed by atoms with van der Waals surface area (Å²) in [6.45, 7) is 3.12. The molecule has 1 aromatic heterocycles. The maximum absolute atomic E-state index is 11.3. The number of aryl methyl sites for hydroxylation is 1. The molecule has 0 aliphatic heterocycles. The summed E-state index contributed by atoms with van der Waals surface area (Å²) in [6, 6.07) is 6.51. The molecule has 0 aliphatic rings. The summed E-state index contributed by atoms with van der Waals surface area (Å²) in [5, 5.41) is 1.68. The minimum atomic E-state index is -0.146. The van der Waals surface area contributed by atoms with Crippen LogP contribution in [-0.2, 0) is 4.74 Å². The fourth-order valence-electron chi connectivity index (χ4n) is 1.72. The van der Waals surface area contributed by atoms with Gasteiger partial charge in [0.05, 0.1) is 18.2 Å². The summed E-state index contributed by atoms with van der Waals surface area (Å²) in [5.74, 6) is 1.23. The van der Waals surface area contributed by atoms with Gasteiger partial charge in [0.1, 0.15) is 12.4 Å². The first-order chi connectivity index (χ1) is 11.0. The molecule has 1 heterocycles. The van der Waals surface area contributed by atoms with Crippen molar-refractivity contribution in [3.05, 3.63) is 50.4 Å². The Kier molecular flexibility index (Phi) is 7.23. The fraction of sp³-hybridized carbons (Fsp3) is 0.333. The Morgan fingerprint density at radius 1 is 1.22 bits per heavy atom. The van der Waals surface area contributed by atoms with Crippen molar-refractivity contribution in [2.75, 3.05) is 25.6 Å². The number of aromatic amines is 1. The molecule has 0 bridgehead atoms. The zero-order chi connectivity index (χ0) is 16.7. The Labute approximate surface area is 148 Å². The monoisotopic (exact) mass is 374 g/mol. The van der Waals surface area contributed by atoms with Crippen LogP contribution in [0.15, 0.2) is 34.2 Å². The van der Waals surface area contributed by atoms with Crippen LogP contribution in [0, 0.1) is 6.92 Å². The largest absolute Gasteiger partial charge is 0.490 e. The van der Waals surface area contributed by atoms with E-state index in [-0.39, 0.29) is 5.56 Å². The number of aromatic nitrogens is 2. The van der Waals surface area contributed by atoms with Crippen molar-refractivity contribution in [2.24, 2.45) is 0 Å². The predicted octanol–water partition coefficient (Wildman–Crippen LogP) is 3.57. The lowest BCUT2D eigenvalue weighted by Gasteiger charge is -2.09. The molecule has 0 atom stereocenters. The van der Waals surface area contributed by atoms with Crippen molar-refractivity contribution in [2.45, 2.75) is 12.1 Å². The summed E-state index contributed by atoms with van der Waals surface area (Å²) < 4.78 is 11.0. The summed E-state index contributed by atoms with van der Waals surface area (Å²) >= 11 is 13.3. The van der Waals surface area contributed by atoms with E-state index in [9.17, 15) is 4.79 Å². The van der Waals surface area contributed by atoms with E-state index in [0.29, 0.717) is 52.2 Å². The van der Waals surface area contributed by atoms with Crippen LogP contribution < -0.4 is 10.3 Å². The van der Waals surface area contributed by atoms with Crippen molar-refractivity contribution in [1.29, 1.82) is 0 Å². The number of hydrogen-bond acceptors (Lipinski definition) is 5. The van der Waals surface area contributed by atoms with E-state index in [2.05, 4.69) is 9.97 Å². The van der Waals surface area contributed by atoms with Crippen LogP contribution in [0.25, 0.3) is 0 Å². The van der Waals surface area contributed by atoms with Crippen LogP contribution in [0.4, 0.5) is 0 Å². The molecule has 0 fully saturated rings. The average molecular weight is 375 g/mol. The quantitative estimate of drug-likeness (QED) is 0.434. The lowest BCUT2D eigenvalue weighted by molar-refractivity contribution is 0.112. The molecule has 23 heavy (non-hydrogen) atoms. The summed E-state index contributed by atoms with van der Waals surface area (Å²) in [6.07, 6.45) is 0. The van der Waals surface area contributed by atoms with Gasteiger partial charge < -0.3 is 14.5 Å². The van der Waals surface area contributed by atoms with E-state index in [1.807, 2.05) is 0 Å². The summed E-state index contributed by atoms with van der Waals surface area (Å²) in [4.78, 5) is 18.2. The third-order valence-corrected chi connectivity index (χ3v) is 4.08. The van der Waals surface area contributed by atoms with Crippen molar-refractivity contribution in [1.82, 2.24) is 9.97 Å². The summed E-state index contributed by atoms with van der Waals surface area (Å²) in [7, 11) is 0. The van der Waals surface area contributed by atoms with E-state index in [0.717, 1.165) is 0 Å². The Morgan fingerprint density at radius 3 is 2.83 bits per heavy atom. The number of ether oxygens (including phenoxy) is 2. The van der Waals surface area contributed by atoms with E-state index in [4.69, 9.17) is 32.7 Å². The number of H-pyrrole nitrogens is 1. The van der Waals surface area contributed by atoms with Crippen LogP contribution in [0.3, 0.4) is 0 Å². The molecule has 0 saturated carbocycles. The number of nitrogens with zero attached hydrogens (tertiary/aromatic N) is 1. The molecule has 1 N–H and O–H groups in total. The smallest absolute Gasteiger partial charge is 0.251 e. The van der Waals surface area contributed by atoms with Gasteiger partial charge in [-0.2, -0.15) is 0 Å². The first-order valence-corrected chi connectivity index (χ1v) is 8.65. The number of benzene rings is 1. The standard InChI is InChI=1S/C15H16Cl2N2O3S/c1-10-8-14(20)19-15(18-10)23-7-6-21-4-5-22-13-9-11(16)2-3-12(13)17/h2-3,8-9H,4-7H2,1H3,(H,18,19,20). The molecule has 2 aromatic rings. The first-order valence-electron chi connectivity index (χ1n) is 6.91.